The van der Waals surface area contributed by atoms with Gasteiger partial charge in [-0.3, -0.25) is 4.79 Å². The summed E-state index contributed by atoms with van der Waals surface area (Å²) in [6, 6.07) is 0.437. The highest BCUT2D eigenvalue weighted by Crippen LogP contribution is 2.21. The fourth-order valence-corrected chi connectivity index (χ4v) is 3.07. The Morgan fingerprint density at radius 3 is 2.89 bits per heavy atom. The van der Waals surface area contributed by atoms with Crippen molar-refractivity contribution >= 4 is 5.91 Å². The first kappa shape index (κ1) is 13.8. The van der Waals surface area contributed by atoms with E-state index in [-0.39, 0.29) is 18.1 Å². The van der Waals surface area contributed by atoms with E-state index in [0.29, 0.717) is 12.0 Å². The van der Waals surface area contributed by atoms with Gasteiger partial charge in [0.25, 0.3) is 0 Å². The summed E-state index contributed by atoms with van der Waals surface area (Å²) in [6.07, 6.45) is 5.60. The maximum atomic E-state index is 12.0. The summed E-state index contributed by atoms with van der Waals surface area (Å²) in [6.45, 7) is 6.08. The number of amides is 1. The summed E-state index contributed by atoms with van der Waals surface area (Å²) in [7, 11) is 0. The van der Waals surface area contributed by atoms with Gasteiger partial charge in [0.15, 0.2) is 0 Å². The molecule has 2 saturated heterocycles. The van der Waals surface area contributed by atoms with Gasteiger partial charge in [0, 0.05) is 12.6 Å². The van der Waals surface area contributed by atoms with Gasteiger partial charge in [-0.15, -0.1) is 0 Å². The van der Waals surface area contributed by atoms with E-state index < -0.39 is 0 Å². The van der Waals surface area contributed by atoms with Gasteiger partial charge < -0.3 is 15.4 Å². The van der Waals surface area contributed by atoms with Crippen molar-refractivity contribution in [1.29, 1.82) is 0 Å². The van der Waals surface area contributed by atoms with E-state index in [1.165, 1.54) is 19.3 Å². The van der Waals surface area contributed by atoms with Crippen molar-refractivity contribution in [2.45, 2.75) is 64.2 Å². The lowest BCUT2D eigenvalue weighted by Gasteiger charge is -2.32. The summed E-state index contributed by atoms with van der Waals surface area (Å²) in [5, 5.41) is 6.57. The SMILES string of the molecule is CCC1CCCNC1CNC(=O)C1CCC(C)O1. The molecule has 104 valence electrons. The van der Waals surface area contributed by atoms with Crippen molar-refractivity contribution in [1.82, 2.24) is 10.6 Å². The fourth-order valence-electron chi connectivity index (χ4n) is 3.07. The minimum atomic E-state index is -0.219. The van der Waals surface area contributed by atoms with E-state index in [1.54, 1.807) is 0 Å². The zero-order valence-electron chi connectivity index (χ0n) is 11.6. The Balaban J connectivity index is 1.74. The lowest BCUT2D eigenvalue weighted by molar-refractivity contribution is -0.131. The molecular formula is C14H26N2O2. The Morgan fingerprint density at radius 2 is 2.22 bits per heavy atom. The molecule has 4 heteroatoms. The van der Waals surface area contributed by atoms with Crippen molar-refractivity contribution in [2.24, 2.45) is 5.92 Å². The Hall–Kier alpha value is -0.610. The van der Waals surface area contributed by atoms with Gasteiger partial charge in [-0.2, -0.15) is 0 Å². The van der Waals surface area contributed by atoms with Gasteiger partial charge >= 0.3 is 0 Å². The molecule has 0 aliphatic carbocycles. The number of piperidine rings is 1. The van der Waals surface area contributed by atoms with Crippen molar-refractivity contribution in [2.75, 3.05) is 13.1 Å². The maximum absolute atomic E-state index is 12.0. The average molecular weight is 254 g/mol. The van der Waals surface area contributed by atoms with Crippen molar-refractivity contribution < 1.29 is 9.53 Å². The molecule has 4 atom stereocenters. The Kier molecular flexibility index (Phi) is 5.01. The summed E-state index contributed by atoms with van der Waals surface area (Å²) in [5.41, 5.74) is 0. The summed E-state index contributed by atoms with van der Waals surface area (Å²) < 4.78 is 5.58. The Bertz CT molecular complexity index is 283. The zero-order chi connectivity index (χ0) is 13.0. The number of hydrogen-bond acceptors (Lipinski definition) is 3. The first-order valence-electron chi connectivity index (χ1n) is 7.37. The second-order valence-electron chi connectivity index (χ2n) is 5.63. The second kappa shape index (κ2) is 6.53. The normalized spacial score (nSPS) is 36.6. The minimum Gasteiger partial charge on any atom is -0.365 e. The second-order valence-corrected chi connectivity index (χ2v) is 5.63. The number of nitrogens with one attached hydrogen (secondary N) is 2. The summed E-state index contributed by atoms with van der Waals surface area (Å²) in [5.74, 6) is 0.768. The molecule has 2 fully saturated rings. The fraction of sp³-hybridized carbons (Fsp3) is 0.929. The van der Waals surface area contributed by atoms with E-state index in [9.17, 15) is 4.79 Å². The molecule has 18 heavy (non-hydrogen) atoms. The van der Waals surface area contributed by atoms with E-state index in [2.05, 4.69) is 17.6 Å². The lowest BCUT2D eigenvalue weighted by Crippen LogP contribution is -2.50. The van der Waals surface area contributed by atoms with Crippen LogP contribution in [0.15, 0.2) is 0 Å². The molecule has 0 bridgehead atoms. The molecule has 0 spiro atoms. The number of rotatable bonds is 4. The van der Waals surface area contributed by atoms with Crippen LogP contribution in [0.25, 0.3) is 0 Å². The molecule has 2 N–H and O–H groups in total. The highest BCUT2D eigenvalue weighted by atomic mass is 16.5. The monoisotopic (exact) mass is 254 g/mol. The number of carbonyl (C=O) groups is 1. The molecule has 4 nitrogen and oxygen atoms in total. The van der Waals surface area contributed by atoms with Crippen LogP contribution in [-0.4, -0.2) is 37.2 Å². The molecule has 0 aromatic heterocycles. The minimum absolute atomic E-state index is 0.0709. The molecule has 0 aromatic carbocycles. The molecule has 0 aromatic rings. The van der Waals surface area contributed by atoms with Crippen LogP contribution >= 0.6 is 0 Å². The third kappa shape index (κ3) is 3.45. The van der Waals surface area contributed by atoms with Crippen LogP contribution in [-0.2, 0) is 9.53 Å². The maximum Gasteiger partial charge on any atom is 0.249 e. The standard InChI is InChI=1S/C14H26N2O2/c1-3-11-5-4-8-15-12(11)9-16-14(17)13-7-6-10(2)18-13/h10-13,15H,3-9H2,1-2H3,(H,16,17). The van der Waals surface area contributed by atoms with Crippen LogP contribution in [0.4, 0.5) is 0 Å². The molecule has 4 unspecified atom stereocenters. The Morgan fingerprint density at radius 1 is 1.39 bits per heavy atom. The van der Waals surface area contributed by atoms with E-state index >= 15 is 0 Å². The molecule has 0 saturated carbocycles. The predicted molar refractivity (Wildman–Crippen MR) is 71.4 cm³/mol. The van der Waals surface area contributed by atoms with Crippen molar-refractivity contribution in [3.8, 4) is 0 Å². The lowest BCUT2D eigenvalue weighted by atomic mass is 9.88. The molecular weight excluding hydrogens is 228 g/mol. The van der Waals surface area contributed by atoms with Crippen LogP contribution in [0, 0.1) is 5.92 Å². The van der Waals surface area contributed by atoms with Crippen LogP contribution in [0.5, 0.6) is 0 Å². The van der Waals surface area contributed by atoms with Crippen molar-refractivity contribution in [3.63, 3.8) is 0 Å². The van der Waals surface area contributed by atoms with Gasteiger partial charge in [-0.05, 0) is 45.1 Å². The summed E-state index contributed by atoms with van der Waals surface area (Å²) in [4.78, 5) is 12.0. The van der Waals surface area contributed by atoms with Gasteiger partial charge in [0.1, 0.15) is 6.10 Å². The topological polar surface area (TPSA) is 50.4 Å². The van der Waals surface area contributed by atoms with E-state index in [1.807, 2.05) is 6.92 Å². The molecule has 1 amide bonds. The zero-order valence-corrected chi connectivity index (χ0v) is 11.6. The molecule has 2 aliphatic rings. The number of ether oxygens (including phenoxy) is 1. The Labute approximate surface area is 110 Å². The van der Waals surface area contributed by atoms with Gasteiger partial charge in [0.05, 0.1) is 6.10 Å². The largest absolute Gasteiger partial charge is 0.365 e. The molecule has 2 aliphatic heterocycles. The number of carbonyl (C=O) groups excluding carboxylic acids is 1. The third-order valence-electron chi connectivity index (χ3n) is 4.27. The van der Waals surface area contributed by atoms with Crippen LogP contribution < -0.4 is 10.6 Å². The van der Waals surface area contributed by atoms with E-state index in [4.69, 9.17) is 4.74 Å². The van der Waals surface area contributed by atoms with Crippen molar-refractivity contribution in [3.05, 3.63) is 0 Å². The van der Waals surface area contributed by atoms with Crippen LogP contribution in [0.2, 0.25) is 0 Å². The highest BCUT2D eigenvalue weighted by Gasteiger charge is 2.29. The quantitative estimate of drug-likeness (QED) is 0.798. The molecule has 2 heterocycles. The third-order valence-corrected chi connectivity index (χ3v) is 4.27. The van der Waals surface area contributed by atoms with Gasteiger partial charge in [-0.1, -0.05) is 13.3 Å². The smallest absolute Gasteiger partial charge is 0.249 e. The first-order chi connectivity index (χ1) is 8.70. The highest BCUT2D eigenvalue weighted by molar-refractivity contribution is 5.81. The van der Waals surface area contributed by atoms with Gasteiger partial charge in [0.2, 0.25) is 5.91 Å². The average Bonchev–Trinajstić information content (AvgIpc) is 2.83. The van der Waals surface area contributed by atoms with E-state index in [0.717, 1.165) is 25.9 Å². The number of hydrogen-bond donors (Lipinski definition) is 2. The molecule has 2 rings (SSSR count). The predicted octanol–water partition coefficient (Wildman–Crippen LogP) is 1.45. The first-order valence-corrected chi connectivity index (χ1v) is 7.37. The molecule has 0 radical (unpaired) electrons. The van der Waals surface area contributed by atoms with Crippen LogP contribution in [0.1, 0.15) is 46.0 Å². The van der Waals surface area contributed by atoms with Gasteiger partial charge in [-0.25, -0.2) is 0 Å². The van der Waals surface area contributed by atoms with Crippen LogP contribution in [0.3, 0.4) is 0 Å². The summed E-state index contributed by atoms with van der Waals surface area (Å²) >= 11 is 0.